The zero-order valence-electron chi connectivity index (χ0n) is 42.9. The number of hydrogen-bond donors (Lipinski definition) is 5. The molecule has 0 aromatic carbocycles. The molecule has 0 aromatic heterocycles. The van der Waals surface area contributed by atoms with Gasteiger partial charge in [0.2, 0.25) is 5.91 Å². The van der Waals surface area contributed by atoms with Crippen molar-refractivity contribution in [1.82, 2.24) is 15.1 Å². The third-order valence-electron chi connectivity index (χ3n) is 14.6. The van der Waals surface area contributed by atoms with Crippen molar-refractivity contribution in [2.45, 2.75) is 237 Å². The molecule has 0 unspecified atom stereocenters. The number of amides is 1. The Balaban J connectivity index is 2.07. The topological polar surface area (TPSA) is 198 Å². The van der Waals surface area contributed by atoms with Gasteiger partial charge in [-0.2, -0.15) is 0 Å². The molecule has 3 heterocycles. The van der Waals surface area contributed by atoms with E-state index in [4.69, 9.17) is 33.2 Å². The van der Waals surface area contributed by atoms with Gasteiger partial charge in [0.1, 0.15) is 30.0 Å². The Morgan fingerprint density at radius 2 is 1.57 bits per heavy atom. The van der Waals surface area contributed by atoms with Gasteiger partial charge in [-0.1, -0.05) is 53.4 Å². The number of ether oxygens (including phenoxy) is 7. The lowest BCUT2D eigenvalue weighted by molar-refractivity contribution is -0.321. The Morgan fingerprint density at radius 3 is 2.18 bits per heavy atom. The highest BCUT2D eigenvalue weighted by Gasteiger charge is 2.53. The van der Waals surface area contributed by atoms with Gasteiger partial charge < -0.3 is 68.7 Å². The van der Waals surface area contributed by atoms with E-state index < -0.39 is 96.0 Å². The Morgan fingerprint density at radius 1 is 0.908 bits per heavy atom. The van der Waals surface area contributed by atoms with E-state index in [1.54, 1.807) is 34.6 Å². The van der Waals surface area contributed by atoms with Gasteiger partial charge >= 0.3 is 5.97 Å². The fourth-order valence-corrected chi connectivity index (χ4v) is 10.4. The number of hydrogen-bond acceptors (Lipinski definition) is 15. The van der Waals surface area contributed by atoms with Crippen LogP contribution in [0.25, 0.3) is 0 Å². The molecule has 0 saturated carbocycles. The van der Waals surface area contributed by atoms with Crippen LogP contribution in [0.3, 0.4) is 0 Å². The third kappa shape index (κ3) is 15.7. The third-order valence-corrected chi connectivity index (χ3v) is 14.6. The molecule has 0 aliphatic carbocycles. The predicted octanol–water partition coefficient (Wildman–Crippen LogP) is 4.79. The highest BCUT2D eigenvalue weighted by molar-refractivity contribution is 5.75. The number of nitrogens with zero attached hydrogens (tertiary/aromatic N) is 2. The Bertz CT molecular complexity index is 1420. The van der Waals surface area contributed by atoms with Gasteiger partial charge in [-0.05, 0) is 108 Å². The van der Waals surface area contributed by atoms with Crippen molar-refractivity contribution in [1.29, 1.82) is 0 Å². The molecule has 16 nitrogen and oxygen atoms in total. The standard InChI is InChI=1S/C49H93N3O13/c1-16-18-19-20-21-23-38(53)50-24-22-25-60-41-36(51(12)13)26-31(4)61-46(41)65-44-32(5)40(64-39-28-48(10,59-15)43(55)35(8)62-39)33(6)45(56)63-37(17-2)49(11,58)42(54)34(7)52(14)29-30(3)27-47(44,9)57/h30-37,39-44,46,54-55,57-58H,16-29H2,1-15H3,(H,50,53)/t30-,31-,32+,33-,34-,35+,36+,37-,39+,40+,41-,42-,43+,44-,46+,47-,48-,49-/m1/s1. The summed E-state index contributed by atoms with van der Waals surface area (Å²) in [6.45, 7) is 21.3. The number of unbranched alkanes of at least 4 members (excludes halogenated alkanes) is 4. The molecule has 5 N–H and O–H groups in total. The van der Waals surface area contributed by atoms with Crippen LogP contribution in [0.2, 0.25) is 0 Å². The van der Waals surface area contributed by atoms with Gasteiger partial charge in [0.15, 0.2) is 12.6 Å². The van der Waals surface area contributed by atoms with E-state index in [0.29, 0.717) is 39.0 Å². The van der Waals surface area contributed by atoms with Gasteiger partial charge in [0.25, 0.3) is 0 Å². The lowest BCUT2D eigenvalue weighted by atomic mass is 9.77. The van der Waals surface area contributed by atoms with E-state index in [2.05, 4.69) is 17.1 Å². The molecule has 3 aliphatic rings. The molecule has 65 heavy (non-hydrogen) atoms. The second kappa shape index (κ2) is 25.9. The Labute approximate surface area is 392 Å². The van der Waals surface area contributed by atoms with E-state index in [0.717, 1.165) is 25.7 Å². The number of aliphatic hydroxyl groups excluding tert-OH is 2. The van der Waals surface area contributed by atoms with Gasteiger partial charge in [-0.3, -0.25) is 9.59 Å². The Hall–Kier alpha value is -1.54. The number of rotatable bonds is 18. The molecule has 16 heteroatoms. The van der Waals surface area contributed by atoms with E-state index in [1.807, 2.05) is 53.7 Å². The minimum atomic E-state index is -1.81. The number of aliphatic hydroxyl groups is 4. The fourth-order valence-electron chi connectivity index (χ4n) is 10.4. The maximum Gasteiger partial charge on any atom is 0.311 e. The van der Waals surface area contributed by atoms with Crippen LogP contribution >= 0.6 is 0 Å². The summed E-state index contributed by atoms with van der Waals surface area (Å²) in [7, 11) is 7.36. The normalized spacial score (nSPS) is 42.0. The monoisotopic (exact) mass is 932 g/mol. The second-order valence-electron chi connectivity index (χ2n) is 20.9. The highest BCUT2D eigenvalue weighted by atomic mass is 16.7. The first-order valence-electron chi connectivity index (χ1n) is 24.8. The molecule has 1 amide bonds. The summed E-state index contributed by atoms with van der Waals surface area (Å²) in [6.07, 6.45) is -1.06. The van der Waals surface area contributed by atoms with Crippen LogP contribution in [0, 0.1) is 17.8 Å². The van der Waals surface area contributed by atoms with Crippen molar-refractivity contribution in [3.63, 3.8) is 0 Å². The van der Waals surface area contributed by atoms with Crippen LogP contribution in [-0.4, -0.2) is 180 Å². The summed E-state index contributed by atoms with van der Waals surface area (Å²) in [6, 6.07) is -0.674. The van der Waals surface area contributed by atoms with Crippen LogP contribution < -0.4 is 5.32 Å². The summed E-state index contributed by atoms with van der Waals surface area (Å²) >= 11 is 0. The number of carbonyl (C=O) groups is 2. The zero-order chi connectivity index (χ0) is 49.0. The van der Waals surface area contributed by atoms with Crippen molar-refractivity contribution < 1.29 is 63.2 Å². The molecule has 0 aromatic rings. The van der Waals surface area contributed by atoms with Gasteiger partial charge in [-0.25, -0.2) is 0 Å². The number of methoxy groups -OCH3 is 1. The van der Waals surface area contributed by atoms with Crippen LogP contribution in [0.15, 0.2) is 0 Å². The van der Waals surface area contributed by atoms with Gasteiger partial charge in [0, 0.05) is 57.6 Å². The van der Waals surface area contributed by atoms with Gasteiger partial charge in [0.05, 0.1) is 41.5 Å². The lowest BCUT2D eigenvalue weighted by Crippen LogP contribution is -2.61. The molecule has 18 atom stereocenters. The van der Waals surface area contributed by atoms with Crippen molar-refractivity contribution in [3.8, 4) is 0 Å². The molecule has 382 valence electrons. The van der Waals surface area contributed by atoms with E-state index in [1.165, 1.54) is 20.5 Å². The number of cyclic esters (lactones) is 1. The average molecular weight is 932 g/mol. The first kappa shape index (κ1) is 57.8. The molecule has 3 aliphatic heterocycles. The molecule has 3 rings (SSSR count). The van der Waals surface area contributed by atoms with Crippen LogP contribution in [0.5, 0.6) is 0 Å². The van der Waals surface area contributed by atoms with E-state index in [9.17, 15) is 30.0 Å². The quantitative estimate of drug-likeness (QED) is 0.0929. The largest absolute Gasteiger partial charge is 0.459 e. The van der Waals surface area contributed by atoms with E-state index >= 15 is 0 Å². The Kier molecular flexibility index (Phi) is 23.0. The molecular formula is C49H93N3O13. The summed E-state index contributed by atoms with van der Waals surface area (Å²) < 4.78 is 45.5. The first-order valence-corrected chi connectivity index (χ1v) is 24.8. The van der Waals surface area contributed by atoms with Crippen molar-refractivity contribution in [2.24, 2.45) is 17.8 Å². The number of nitrogens with one attached hydrogen (secondary N) is 1. The van der Waals surface area contributed by atoms with Crippen molar-refractivity contribution in [2.75, 3.05) is 47.9 Å². The summed E-state index contributed by atoms with van der Waals surface area (Å²) in [5.41, 5.74) is -4.41. The van der Waals surface area contributed by atoms with Crippen LogP contribution in [0.1, 0.15) is 147 Å². The van der Waals surface area contributed by atoms with Crippen LogP contribution in [-0.2, 0) is 42.7 Å². The van der Waals surface area contributed by atoms with Crippen LogP contribution in [0.4, 0.5) is 0 Å². The average Bonchev–Trinajstić information content (AvgIpc) is 3.23. The molecule has 0 spiro atoms. The number of esters is 1. The smallest absolute Gasteiger partial charge is 0.311 e. The minimum absolute atomic E-state index is 0.0389. The second-order valence-corrected chi connectivity index (χ2v) is 20.9. The molecule has 0 bridgehead atoms. The SMILES string of the molecule is CCCCCCCC(=O)NCCCO[C@H]1[C@H](O[C@@H]2[C@@H](C)[C@H](O[C@H]3C[C@@](C)(OC)[C@@H](O)[C@H](C)O3)[C@@H](C)C(=O)O[C@H](CC)[C@@](C)(O)[C@H](O)[C@@H](C)N(C)C[C@H](C)C[C@@]2(C)O)O[C@H](C)C[C@@H]1N(C)C. The van der Waals surface area contributed by atoms with Crippen molar-refractivity contribution >= 4 is 11.9 Å². The summed E-state index contributed by atoms with van der Waals surface area (Å²) in [4.78, 5) is 31.1. The minimum Gasteiger partial charge on any atom is -0.459 e. The van der Waals surface area contributed by atoms with Crippen molar-refractivity contribution in [3.05, 3.63) is 0 Å². The highest BCUT2D eigenvalue weighted by Crippen LogP contribution is 2.40. The summed E-state index contributed by atoms with van der Waals surface area (Å²) in [5.74, 6) is -2.56. The van der Waals surface area contributed by atoms with E-state index in [-0.39, 0.29) is 43.2 Å². The molecule has 0 radical (unpaired) electrons. The first-order chi connectivity index (χ1) is 30.3. The lowest BCUT2D eigenvalue weighted by Gasteiger charge is -2.49. The molecule has 3 saturated heterocycles. The maximum absolute atomic E-state index is 14.5. The zero-order valence-corrected chi connectivity index (χ0v) is 42.9. The number of carbonyl (C=O) groups excluding carboxylic acids is 2. The van der Waals surface area contributed by atoms with Gasteiger partial charge in [-0.15, -0.1) is 0 Å². The number of likely N-dealkylation sites (N-methyl/N-ethyl adjacent to an activating group) is 2. The maximum atomic E-state index is 14.5. The fraction of sp³-hybridized carbons (Fsp3) is 0.959. The molecule has 3 fully saturated rings. The summed E-state index contributed by atoms with van der Waals surface area (Å²) in [5, 5.41) is 50.5. The predicted molar refractivity (Wildman–Crippen MR) is 249 cm³/mol. The molecular weight excluding hydrogens is 839 g/mol.